The van der Waals surface area contributed by atoms with Gasteiger partial charge in [0.1, 0.15) is 5.75 Å². The van der Waals surface area contributed by atoms with Crippen molar-refractivity contribution in [3.63, 3.8) is 0 Å². The number of ether oxygens (including phenoxy) is 1. The van der Waals surface area contributed by atoms with Crippen molar-refractivity contribution in [2.75, 3.05) is 18.2 Å². The van der Waals surface area contributed by atoms with Gasteiger partial charge in [0.25, 0.3) is 0 Å². The molecule has 0 radical (unpaired) electrons. The van der Waals surface area contributed by atoms with Crippen LogP contribution in [-0.2, 0) is 0 Å². The number of methoxy groups -OCH3 is 1. The summed E-state index contributed by atoms with van der Waals surface area (Å²) in [5.41, 5.74) is 7.81. The summed E-state index contributed by atoms with van der Waals surface area (Å²) < 4.78 is 5.23. The standard InChI is InChI=1S/C12H14N4O/c1-8-9(13)7-14-12(15-8)16-10-5-3-4-6-11(10)17-2/h3-7H,13H2,1-2H3,(H,14,15,16). The Bertz CT molecular complexity index is 528. The van der Waals surface area contributed by atoms with Crippen molar-refractivity contribution in [1.29, 1.82) is 0 Å². The topological polar surface area (TPSA) is 73.1 Å². The lowest BCUT2D eigenvalue weighted by Crippen LogP contribution is -2.02. The molecule has 0 saturated heterocycles. The molecule has 0 amide bonds. The van der Waals surface area contributed by atoms with Crippen LogP contribution in [0.2, 0.25) is 0 Å². The van der Waals surface area contributed by atoms with E-state index in [1.165, 1.54) is 0 Å². The molecule has 3 N–H and O–H groups in total. The molecule has 5 heteroatoms. The van der Waals surface area contributed by atoms with Gasteiger partial charge < -0.3 is 15.8 Å². The highest BCUT2D eigenvalue weighted by Gasteiger charge is 2.04. The summed E-state index contributed by atoms with van der Waals surface area (Å²) >= 11 is 0. The Balaban J connectivity index is 2.28. The number of nitrogens with zero attached hydrogens (tertiary/aromatic N) is 2. The zero-order chi connectivity index (χ0) is 12.3. The lowest BCUT2D eigenvalue weighted by molar-refractivity contribution is 0.417. The molecule has 0 aliphatic rings. The Morgan fingerprint density at radius 1 is 1.29 bits per heavy atom. The smallest absolute Gasteiger partial charge is 0.227 e. The first-order chi connectivity index (χ1) is 8.20. The van der Waals surface area contributed by atoms with E-state index in [9.17, 15) is 0 Å². The van der Waals surface area contributed by atoms with Crippen molar-refractivity contribution >= 4 is 17.3 Å². The quantitative estimate of drug-likeness (QED) is 0.844. The van der Waals surface area contributed by atoms with Gasteiger partial charge in [0.05, 0.1) is 30.4 Å². The average molecular weight is 230 g/mol. The van der Waals surface area contributed by atoms with Crippen LogP contribution in [0, 0.1) is 6.92 Å². The Hall–Kier alpha value is -2.30. The van der Waals surface area contributed by atoms with Crippen molar-refractivity contribution in [2.24, 2.45) is 0 Å². The number of benzene rings is 1. The summed E-state index contributed by atoms with van der Waals surface area (Å²) in [6, 6.07) is 7.58. The fourth-order valence-corrected chi connectivity index (χ4v) is 1.40. The maximum absolute atomic E-state index is 5.66. The molecule has 0 aliphatic carbocycles. The number of nitrogens with one attached hydrogen (secondary N) is 1. The maximum Gasteiger partial charge on any atom is 0.227 e. The number of aryl methyl sites for hydroxylation is 1. The number of hydrogen-bond acceptors (Lipinski definition) is 5. The van der Waals surface area contributed by atoms with Crippen molar-refractivity contribution in [3.8, 4) is 5.75 Å². The number of nitrogen functional groups attached to an aromatic ring is 1. The van der Waals surface area contributed by atoms with Crippen molar-refractivity contribution in [1.82, 2.24) is 9.97 Å². The Labute approximate surface area is 99.7 Å². The number of nitrogens with two attached hydrogens (primary N) is 1. The van der Waals surface area contributed by atoms with Gasteiger partial charge in [0.15, 0.2) is 0 Å². The molecule has 2 rings (SSSR count). The van der Waals surface area contributed by atoms with Crippen molar-refractivity contribution in [2.45, 2.75) is 6.92 Å². The second kappa shape index (κ2) is 4.69. The van der Waals surface area contributed by atoms with Gasteiger partial charge in [-0.1, -0.05) is 12.1 Å². The maximum atomic E-state index is 5.66. The molecule has 0 bridgehead atoms. The van der Waals surface area contributed by atoms with Crippen LogP contribution in [0.4, 0.5) is 17.3 Å². The van der Waals surface area contributed by atoms with Crippen LogP contribution in [0.3, 0.4) is 0 Å². The third-order valence-electron chi connectivity index (χ3n) is 2.37. The SMILES string of the molecule is COc1ccccc1Nc1ncc(N)c(C)n1. The van der Waals surface area contributed by atoms with E-state index in [0.29, 0.717) is 11.6 Å². The van der Waals surface area contributed by atoms with E-state index in [0.717, 1.165) is 17.1 Å². The number of aromatic nitrogens is 2. The molecule has 0 aliphatic heterocycles. The van der Waals surface area contributed by atoms with E-state index in [4.69, 9.17) is 10.5 Å². The van der Waals surface area contributed by atoms with E-state index in [-0.39, 0.29) is 0 Å². The second-order valence-corrected chi connectivity index (χ2v) is 3.56. The normalized spacial score (nSPS) is 10.0. The van der Waals surface area contributed by atoms with E-state index >= 15 is 0 Å². The van der Waals surface area contributed by atoms with Crippen LogP contribution in [0.25, 0.3) is 0 Å². The number of hydrogen-bond donors (Lipinski definition) is 2. The lowest BCUT2D eigenvalue weighted by Gasteiger charge is -2.10. The Kier molecular flexibility index (Phi) is 3.09. The first-order valence-corrected chi connectivity index (χ1v) is 5.20. The highest BCUT2D eigenvalue weighted by atomic mass is 16.5. The molecule has 0 spiro atoms. The van der Waals surface area contributed by atoms with Gasteiger partial charge in [-0.05, 0) is 19.1 Å². The minimum atomic E-state index is 0.501. The Morgan fingerprint density at radius 2 is 2.06 bits per heavy atom. The molecule has 1 heterocycles. The van der Waals surface area contributed by atoms with E-state index in [2.05, 4.69) is 15.3 Å². The number of para-hydroxylation sites is 2. The van der Waals surface area contributed by atoms with E-state index < -0.39 is 0 Å². The fraction of sp³-hybridized carbons (Fsp3) is 0.167. The first-order valence-electron chi connectivity index (χ1n) is 5.20. The van der Waals surface area contributed by atoms with Crippen LogP contribution >= 0.6 is 0 Å². The number of anilines is 3. The van der Waals surface area contributed by atoms with Gasteiger partial charge in [-0.3, -0.25) is 0 Å². The summed E-state index contributed by atoms with van der Waals surface area (Å²) in [5.74, 6) is 1.24. The minimum Gasteiger partial charge on any atom is -0.495 e. The van der Waals surface area contributed by atoms with Gasteiger partial charge in [0.2, 0.25) is 5.95 Å². The summed E-state index contributed by atoms with van der Waals surface area (Å²) in [5, 5.41) is 3.09. The molecule has 1 aromatic heterocycles. The molecule has 17 heavy (non-hydrogen) atoms. The molecule has 88 valence electrons. The summed E-state index contributed by atoms with van der Waals surface area (Å²) in [7, 11) is 1.62. The summed E-state index contributed by atoms with van der Waals surface area (Å²) in [6.07, 6.45) is 1.58. The fourth-order valence-electron chi connectivity index (χ4n) is 1.40. The summed E-state index contributed by atoms with van der Waals surface area (Å²) in [6.45, 7) is 1.84. The van der Waals surface area contributed by atoms with Gasteiger partial charge in [-0.25, -0.2) is 9.97 Å². The molecular formula is C12H14N4O. The highest BCUT2D eigenvalue weighted by molar-refractivity contribution is 5.62. The minimum absolute atomic E-state index is 0.501. The zero-order valence-electron chi connectivity index (χ0n) is 9.77. The molecule has 0 saturated carbocycles. The molecule has 0 fully saturated rings. The van der Waals surface area contributed by atoms with E-state index in [1.54, 1.807) is 13.3 Å². The van der Waals surface area contributed by atoms with Gasteiger partial charge >= 0.3 is 0 Å². The largest absolute Gasteiger partial charge is 0.495 e. The predicted molar refractivity (Wildman–Crippen MR) is 67.5 cm³/mol. The third-order valence-corrected chi connectivity index (χ3v) is 2.37. The monoisotopic (exact) mass is 230 g/mol. The second-order valence-electron chi connectivity index (χ2n) is 3.56. The highest BCUT2D eigenvalue weighted by Crippen LogP contribution is 2.25. The van der Waals surface area contributed by atoms with Crippen LogP contribution < -0.4 is 15.8 Å². The van der Waals surface area contributed by atoms with Crippen molar-refractivity contribution < 1.29 is 4.74 Å². The molecular weight excluding hydrogens is 216 g/mol. The molecule has 0 unspecified atom stereocenters. The Morgan fingerprint density at radius 3 is 2.76 bits per heavy atom. The number of rotatable bonds is 3. The zero-order valence-corrected chi connectivity index (χ0v) is 9.77. The van der Waals surface area contributed by atoms with Gasteiger partial charge in [-0.15, -0.1) is 0 Å². The van der Waals surface area contributed by atoms with Crippen LogP contribution in [0.5, 0.6) is 5.75 Å². The average Bonchev–Trinajstić information content (AvgIpc) is 2.34. The summed E-state index contributed by atoms with van der Waals surface area (Å²) in [4.78, 5) is 8.35. The molecule has 0 atom stereocenters. The van der Waals surface area contributed by atoms with Crippen LogP contribution in [-0.4, -0.2) is 17.1 Å². The molecule has 1 aromatic carbocycles. The van der Waals surface area contributed by atoms with Crippen LogP contribution in [0.15, 0.2) is 30.5 Å². The third kappa shape index (κ3) is 2.44. The van der Waals surface area contributed by atoms with Gasteiger partial charge in [0, 0.05) is 0 Å². The van der Waals surface area contributed by atoms with Gasteiger partial charge in [-0.2, -0.15) is 0 Å². The molecule has 5 nitrogen and oxygen atoms in total. The van der Waals surface area contributed by atoms with E-state index in [1.807, 2.05) is 31.2 Å². The predicted octanol–water partition coefficient (Wildman–Crippen LogP) is 2.12. The molecule has 2 aromatic rings. The first kappa shape index (κ1) is 11.2. The van der Waals surface area contributed by atoms with Crippen molar-refractivity contribution in [3.05, 3.63) is 36.2 Å². The lowest BCUT2D eigenvalue weighted by atomic mass is 10.3. The van der Waals surface area contributed by atoms with Crippen LogP contribution in [0.1, 0.15) is 5.69 Å².